The van der Waals surface area contributed by atoms with Crippen molar-refractivity contribution in [2.45, 2.75) is 20.3 Å². The first-order valence-electron chi connectivity index (χ1n) is 4.81. The third-order valence-electron chi connectivity index (χ3n) is 2.06. The summed E-state index contributed by atoms with van der Waals surface area (Å²) >= 11 is 0. The molecule has 0 radical (unpaired) electrons. The molecule has 0 saturated heterocycles. The van der Waals surface area contributed by atoms with Crippen LogP contribution in [0, 0.1) is 12.7 Å². The molecule has 0 atom stereocenters. The first-order valence-corrected chi connectivity index (χ1v) is 4.81. The zero-order valence-corrected chi connectivity index (χ0v) is 8.64. The fourth-order valence-electron chi connectivity index (χ4n) is 1.34. The molecular formula is C11H16FNO. The van der Waals surface area contributed by atoms with Crippen LogP contribution < -0.4 is 10.5 Å². The van der Waals surface area contributed by atoms with Crippen LogP contribution in [0.15, 0.2) is 12.1 Å². The molecule has 0 bridgehead atoms. The van der Waals surface area contributed by atoms with Gasteiger partial charge < -0.3 is 10.5 Å². The quantitative estimate of drug-likeness (QED) is 0.801. The van der Waals surface area contributed by atoms with Gasteiger partial charge in [0.25, 0.3) is 0 Å². The van der Waals surface area contributed by atoms with Crippen molar-refractivity contribution in [1.29, 1.82) is 0 Å². The summed E-state index contributed by atoms with van der Waals surface area (Å²) in [5.74, 6) is 0.550. The van der Waals surface area contributed by atoms with Crippen LogP contribution in [-0.4, -0.2) is 13.2 Å². The van der Waals surface area contributed by atoms with Gasteiger partial charge in [-0.1, -0.05) is 0 Å². The molecular weight excluding hydrogens is 181 g/mol. The first kappa shape index (κ1) is 11.0. The summed E-state index contributed by atoms with van der Waals surface area (Å²) in [6.07, 6.45) is 0.645. The largest absolute Gasteiger partial charge is 0.494 e. The van der Waals surface area contributed by atoms with Crippen molar-refractivity contribution in [1.82, 2.24) is 0 Å². The van der Waals surface area contributed by atoms with Gasteiger partial charge in [0, 0.05) is 0 Å². The van der Waals surface area contributed by atoms with Gasteiger partial charge in [-0.15, -0.1) is 0 Å². The molecule has 1 aromatic rings. The molecule has 1 aromatic carbocycles. The van der Waals surface area contributed by atoms with Crippen molar-refractivity contribution in [3.05, 3.63) is 29.1 Å². The summed E-state index contributed by atoms with van der Waals surface area (Å²) < 4.78 is 18.6. The molecule has 0 aliphatic heterocycles. The van der Waals surface area contributed by atoms with E-state index in [0.29, 0.717) is 25.1 Å². The minimum Gasteiger partial charge on any atom is -0.494 e. The van der Waals surface area contributed by atoms with Crippen molar-refractivity contribution < 1.29 is 9.13 Å². The molecule has 0 heterocycles. The molecule has 0 unspecified atom stereocenters. The normalized spacial score (nSPS) is 10.3. The molecule has 0 saturated carbocycles. The number of ether oxygens (including phenoxy) is 1. The monoisotopic (exact) mass is 197 g/mol. The van der Waals surface area contributed by atoms with E-state index in [1.165, 1.54) is 6.07 Å². The lowest BCUT2D eigenvalue weighted by Gasteiger charge is -2.10. The van der Waals surface area contributed by atoms with Crippen molar-refractivity contribution in [2.24, 2.45) is 5.73 Å². The number of aryl methyl sites for hydroxylation is 1. The zero-order valence-electron chi connectivity index (χ0n) is 8.64. The fraction of sp³-hybridized carbons (Fsp3) is 0.455. The van der Waals surface area contributed by atoms with Gasteiger partial charge in [0.05, 0.1) is 6.61 Å². The lowest BCUT2D eigenvalue weighted by atomic mass is 10.1. The topological polar surface area (TPSA) is 35.2 Å². The maximum atomic E-state index is 13.2. The molecule has 78 valence electrons. The van der Waals surface area contributed by atoms with Gasteiger partial charge in [0.2, 0.25) is 0 Å². The minimum absolute atomic E-state index is 0.197. The molecule has 0 aliphatic carbocycles. The van der Waals surface area contributed by atoms with E-state index in [-0.39, 0.29) is 5.82 Å². The highest BCUT2D eigenvalue weighted by Gasteiger charge is 2.07. The van der Waals surface area contributed by atoms with Gasteiger partial charge in [-0.3, -0.25) is 0 Å². The van der Waals surface area contributed by atoms with Crippen LogP contribution in [0.3, 0.4) is 0 Å². The van der Waals surface area contributed by atoms with E-state index in [9.17, 15) is 4.39 Å². The van der Waals surface area contributed by atoms with Crippen molar-refractivity contribution in [2.75, 3.05) is 13.2 Å². The van der Waals surface area contributed by atoms with Crippen LogP contribution in [0.2, 0.25) is 0 Å². The van der Waals surface area contributed by atoms with Crippen molar-refractivity contribution >= 4 is 0 Å². The maximum Gasteiger partial charge on any atom is 0.126 e. The van der Waals surface area contributed by atoms with Crippen LogP contribution in [0.4, 0.5) is 4.39 Å². The molecule has 3 heteroatoms. The predicted molar refractivity (Wildman–Crippen MR) is 55.1 cm³/mol. The van der Waals surface area contributed by atoms with Crippen molar-refractivity contribution in [3.8, 4) is 5.75 Å². The van der Waals surface area contributed by atoms with Gasteiger partial charge in [-0.2, -0.15) is 0 Å². The lowest BCUT2D eigenvalue weighted by molar-refractivity contribution is 0.335. The number of rotatable bonds is 4. The Labute approximate surface area is 83.9 Å². The van der Waals surface area contributed by atoms with E-state index in [1.54, 1.807) is 13.0 Å². The Morgan fingerprint density at radius 3 is 2.71 bits per heavy atom. The van der Waals surface area contributed by atoms with E-state index in [2.05, 4.69) is 0 Å². The van der Waals surface area contributed by atoms with E-state index in [4.69, 9.17) is 10.5 Å². The molecule has 14 heavy (non-hydrogen) atoms. The standard InChI is InChI=1S/C11H16FNO/c1-3-14-11-6-8(2)10(12)7-9(11)4-5-13/h6-7H,3-5,13H2,1-2H3. The Hall–Kier alpha value is -1.09. The summed E-state index contributed by atoms with van der Waals surface area (Å²) in [4.78, 5) is 0. The second kappa shape index (κ2) is 4.96. The highest BCUT2D eigenvalue weighted by molar-refractivity contribution is 5.38. The second-order valence-corrected chi connectivity index (χ2v) is 3.18. The minimum atomic E-state index is -0.197. The Morgan fingerprint density at radius 1 is 1.43 bits per heavy atom. The smallest absolute Gasteiger partial charge is 0.126 e. The van der Waals surface area contributed by atoms with Crippen LogP contribution >= 0.6 is 0 Å². The van der Waals surface area contributed by atoms with E-state index in [1.807, 2.05) is 6.92 Å². The third-order valence-corrected chi connectivity index (χ3v) is 2.06. The summed E-state index contributed by atoms with van der Waals surface area (Å²) in [6, 6.07) is 3.23. The maximum absolute atomic E-state index is 13.2. The highest BCUT2D eigenvalue weighted by atomic mass is 19.1. The summed E-state index contributed by atoms with van der Waals surface area (Å²) in [5.41, 5.74) is 6.89. The number of halogens is 1. The Bertz CT molecular complexity index is 281. The summed E-state index contributed by atoms with van der Waals surface area (Å²) in [6.45, 7) is 4.72. The third kappa shape index (κ3) is 2.45. The number of nitrogens with two attached hydrogens (primary N) is 1. The van der Waals surface area contributed by atoms with Gasteiger partial charge in [-0.25, -0.2) is 4.39 Å². The zero-order chi connectivity index (χ0) is 10.6. The lowest BCUT2D eigenvalue weighted by Crippen LogP contribution is -2.06. The molecule has 0 aliphatic rings. The summed E-state index contributed by atoms with van der Waals surface area (Å²) in [7, 11) is 0. The average Bonchev–Trinajstić information content (AvgIpc) is 2.14. The van der Waals surface area contributed by atoms with Gasteiger partial charge in [0.15, 0.2) is 0 Å². The molecule has 0 spiro atoms. The SMILES string of the molecule is CCOc1cc(C)c(F)cc1CCN. The molecule has 1 rings (SSSR count). The van der Waals surface area contributed by atoms with E-state index < -0.39 is 0 Å². The average molecular weight is 197 g/mol. The van der Waals surface area contributed by atoms with Crippen LogP contribution in [0.25, 0.3) is 0 Å². The van der Waals surface area contributed by atoms with Gasteiger partial charge >= 0.3 is 0 Å². The first-order chi connectivity index (χ1) is 6.69. The van der Waals surface area contributed by atoms with Crippen LogP contribution in [-0.2, 0) is 6.42 Å². The van der Waals surface area contributed by atoms with Crippen LogP contribution in [0.5, 0.6) is 5.75 Å². The summed E-state index contributed by atoms with van der Waals surface area (Å²) in [5, 5.41) is 0. The Balaban J connectivity index is 3.03. The molecule has 0 amide bonds. The highest BCUT2D eigenvalue weighted by Crippen LogP contribution is 2.23. The van der Waals surface area contributed by atoms with Crippen molar-refractivity contribution in [3.63, 3.8) is 0 Å². The number of benzene rings is 1. The van der Waals surface area contributed by atoms with E-state index >= 15 is 0 Å². The van der Waals surface area contributed by atoms with Crippen LogP contribution in [0.1, 0.15) is 18.1 Å². The number of hydrogen-bond acceptors (Lipinski definition) is 2. The molecule has 2 nitrogen and oxygen atoms in total. The van der Waals surface area contributed by atoms with E-state index in [0.717, 1.165) is 11.3 Å². The Kier molecular flexibility index (Phi) is 3.89. The van der Waals surface area contributed by atoms with Gasteiger partial charge in [0.1, 0.15) is 11.6 Å². The van der Waals surface area contributed by atoms with Gasteiger partial charge in [-0.05, 0) is 50.1 Å². The number of hydrogen-bond donors (Lipinski definition) is 1. The molecule has 0 aromatic heterocycles. The second-order valence-electron chi connectivity index (χ2n) is 3.18. The molecule has 2 N–H and O–H groups in total. The Morgan fingerprint density at radius 2 is 2.14 bits per heavy atom. The fourth-order valence-corrected chi connectivity index (χ4v) is 1.34. The molecule has 0 fully saturated rings. The predicted octanol–water partition coefficient (Wildman–Crippen LogP) is 2.03.